The number of carbonyl (C=O) groups is 1. The lowest BCUT2D eigenvalue weighted by Crippen LogP contribution is -2.35. The van der Waals surface area contributed by atoms with E-state index >= 15 is 0 Å². The molecule has 0 aromatic heterocycles. The molecule has 1 saturated heterocycles. The van der Waals surface area contributed by atoms with Gasteiger partial charge in [-0.05, 0) is 25.0 Å². The first kappa shape index (κ1) is 10.8. The Morgan fingerprint density at radius 1 is 1.31 bits per heavy atom. The topological polar surface area (TPSA) is 70.0 Å². The van der Waals surface area contributed by atoms with Crippen LogP contribution >= 0.6 is 0 Å². The molecule has 0 aliphatic carbocycles. The van der Waals surface area contributed by atoms with Crippen molar-refractivity contribution in [1.82, 2.24) is 5.06 Å². The third kappa shape index (κ3) is 2.09. The molecule has 0 spiro atoms. The fourth-order valence-corrected chi connectivity index (χ4v) is 1.59. The summed E-state index contributed by atoms with van der Waals surface area (Å²) in [6.45, 7) is 1.05. The maximum absolute atomic E-state index is 11.9. The molecular weight excluding hydrogens is 210 g/mol. The molecule has 2 rings (SSSR count). The Morgan fingerprint density at radius 2 is 2.12 bits per heavy atom. The van der Waals surface area contributed by atoms with Gasteiger partial charge in [-0.1, -0.05) is 0 Å². The van der Waals surface area contributed by atoms with Crippen molar-refractivity contribution in [2.24, 2.45) is 0 Å². The van der Waals surface area contributed by atoms with Crippen LogP contribution in [0.15, 0.2) is 18.2 Å². The van der Waals surface area contributed by atoms with Gasteiger partial charge in [0, 0.05) is 12.6 Å². The van der Waals surface area contributed by atoms with Gasteiger partial charge in [-0.25, -0.2) is 5.06 Å². The number of hydrogen-bond acceptors (Lipinski definition) is 4. The molecule has 1 fully saturated rings. The molecule has 0 unspecified atom stereocenters. The van der Waals surface area contributed by atoms with Crippen LogP contribution < -0.4 is 0 Å². The molecule has 2 N–H and O–H groups in total. The van der Waals surface area contributed by atoms with E-state index in [-0.39, 0.29) is 23.0 Å². The molecule has 1 aliphatic rings. The molecule has 1 aromatic rings. The number of phenolic OH excluding ortho intramolecular Hbond substituents is 2. The van der Waals surface area contributed by atoms with Crippen LogP contribution in [0.3, 0.4) is 0 Å². The molecule has 0 saturated carbocycles. The maximum atomic E-state index is 11.9. The highest BCUT2D eigenvalue weighted by molar-refractivity contribution is 5.96. The van der Waals surface area contributed by atoms with Gasteiger partial charge in [-0.2, -0.15) is 0 Å². The molecule has 5 nitrogen and oxygen atoms in total. The smallest absolute Gasteiger partial charge is 0.281 e. The Kier molecular flexibility index (Phi) is 2.96. The van der Waals surface area contributed by atoms with E-state index < -0.39 is 0 Å². The van der Waals surface area contributed by atoms with E-state index in [2.05, 4.69) is 0 Å². The first-order valence-corrected chi connectivity index (χ1v) is 5.15. The Hall–Kier alpha value is -1.75. The summed E-state index contributed by atoms with van der Waals surface area (Å²) < 4.78 is 0. The number of phenols is 2. The molecule has 0 radical (unpaired) electrons. The van der Waals surface area contributed by atoms with Gasteiger partial charge in [-0.3, -0.25) is 9.63 Å². The highest BCUT2D eigenvalue weighted by Gasteiger charge is 2.21. The van der Waals surface area contributed by atoms with Crippen LogP contribution in [-0.4, -0.2) is 34.3 Å². The van der Waals surface area contributed by atoms with Crippen LogP contribution in [0, 0.1) is 0 Å². The van der Waals surface area contributed by atoms with E-state index in [0.717, 1.165) is 18.9 Å². The van der Waals surface area contributed by atoms with E-state index in [9.17, 15) is 9.90 Å². The van der Waals surface area contributed by atoms with Crippen molar-refractivity contribution < 1.29 is 19.8 Å². The zero-order valence-corrected chi connectivity index (χ0v) is 8.72. The highest BCUT2D eigenvalue weighted by Crippen LogP contribution is 2.24. The van der Waals surface area contributed by atoms with Crippen molar-refractivity contribution in [2.75, 3.05) is 13.2 Å². The lowest BCUT2D eigenvalue weighted by molar-refractivity contribution is -0.144. The summed E-state index contributed by atoms with van der Waals surface area (Å²) in [4.78, 5) is 17.1. The summed E-state index contributed by atoms with van der Waals surface area (Å²) in [6.07, 6.45) is 1.83. The Balaban J connectivity index is 2.19. The minimum atomic E-state index is -0.378. The molecule has 5 heteroatoms. The zero-order chi connectivity index (χ0) is 11.5. The summed E-state index contributed by atoms with van der Waals surface area (Å²) in [5, 5.41) is 19.9. The molecule has 0 bridgehead atoms. The molecular formula is C11H13NO4. The van der Waals surface area contributed by atoms with E-state index in [4.69, 9.17) is 9.94 Å². The average Bonchev–Trinajstić information content (AvgIpc) is 2.29. The third-order valence-corrected chi connectivity index (χ3v) is 2.44. The van der Waals surface area contributed by atoms with Crippen molar-refractivity contribution in [3.05, 3.63) is 23.8 Å². The quantitative estimate of drug-likeness (QED) is 0.752. The monoisotopic (exact) mass is 223 g/mol. The number of aromatic hydroxyl groups is 2. The molecule has 16 heavy (non-hydrogen) atoms. The zero-order valence-electron chi connectivity index (χ0n) is 8.72. The summed E-state index contributed by atoms with van der Waals surface area (Å²) >= 11 is 0. The van der Waals surface area contributed by atoms with Crippen molar-refractivity contribution in [3.8, 4) is 11.5 Å². The van der Waals surface area contributed by atoms with Gasteiger partial charge in [0.2, 0.25) is 0 Å². The largest absolute Gasteiger partial charge is 0.508 e. The van der Waals surface area contributed by atoms with Crippen molar-refractivity contribution in [3.63, 3.8) is 0 Å². The second kappa shape index (κ2) is 4.40. The van der Waals surface area contributed by atoms with Gasteiger partial charge in [0.05, 0.1) is 12.2 Å². The lowest BCUT2D eigenvalue weighted by atomic mass is 10.1. The van der Waals surface area contributed by atoms with Crippen molar-refractivity contribution in [2.45, 2.75) is 12.8 Å². The van der Waals surface area contributed by atoms with Gasteiger partial charge >= 0.3 is 0 Å². The van der Waals surface area contributed by atoms with Crippen LogP contribution in [-0.2, 0) is 4.84 Å². The molecule has 0 atom stereocenters. The number of carbonyl (C=O) groups excluding carboxylic acids is 1. The fraction of sp³-hybridized carbons (Fsp3) is 0.364. The second-order valence-electron chi connectivity index (χ2n) is 3.65. The first-order chi connectivity index (χ1) is 7.68. The lowest BCUT2D eigenvalue weighted by Gasteiger charge is -2.26. The third-order valence-electron chi connectivity index (χ3n) is 2.44. The van der Waals surface area contributed by atoms with E-state index in [1.165, 1.54) is 17.2 Å². The Morgan fingerprint density at radius 3 is 2.75 bits per heavy atom. The number of hydrogen-bond donors (Lipinski definition) is 2. The minimum Gasteiger partial charge on any atom is -0.508 e. The van der Waals surface area contributed by atoms with Crippen molar-refractivity contribution >= 4 is 5.91 Å². The van der Waals surface area contributed by atoms with Gasteiger partial charge < -0.3 is 10.2 Å². The Labute approximate surface area is 92.8 Å². The predicted octanol–water partition coefficient (Wildman–Crippen LogP) is 1.27. The van der Waals surface area contributed by atoms with Gasteiger partial charge in [0.15, 0.2) is 0 Å². The van der Waals surface area contributed by atoms with E-state index in [1.54, 1.807) is 0 Å². The predicted molar refractivity (Wildman–Crippen MR) is 56.0 cm³/mol. The molecule has 1 aliphatic heterocycles. The van der Waals surface area contributed by atoms with E-state index in [1.807, 2.05) is 0 Å². The molecule has 1 amide bonds. The normalized spacial score (nSPS) is 16.1. The molecule has 1 heterocycles. The van der Waals surface area contributed by atoms with Crippen LogP contribution in [0.25, 0.3) is 0 Å². The number of rotatable bonds is 1. The van der Waals surface area contributed by atoms with Crippen molar-refractivity contribution in [1.29, 1.82) is 0 Å². The first-order valence-electron chi connectivity index (χ1n) is 5.15. The van der Waals surface area contributed by atoms with Gasteiger partial charge in [-0.15, -0.1) is 0 Å². The van der Waals surface area contributed by atoms with Crippen LogP contribution in [0.2, 0.25) is 0 Å². The van der Waals surface area contributed by atoms with Gasteiger partial charge in [0.25, 0.3) is 5.91 Å². The van der Waals surface area contributed by atoms with Crippen LogP contribution in [0.5, 0.6) is 11.5 Å². The molecule has 86 valence electrons. The minimum absolute atomic E-state index is 0.0754. The number of benzene rings is 1. The maximum Gasteiger partial charge on any atom is 0.281 e. The standard InChI is InChI=1S/C11H13NO4/c13-8-3-4-9(10(14)7-8)11(15)12-5-1-2-6-16-12/h3-4,7,13-14H,1-2,5-6H2. The highest BCUT2D eigenvalue weighted by atomic mass is 16.7. The van der Waals surface area contributed by atoms with Crippen LogP contribution in [0.1, 0.15) is 23.2 Å². The average molecular weight is 223 g/mol. The molecule has 1 aromatic carbocycles. The summed E-state index contributed by atoms with van der Waals surface area (Å²) in [7, 11) is 0. The number of amides is 1. The SMILES string of the molecule is O=C(c1ccc(O)cc1O)N1CCCCO1. The fourth-order valence-electron chi connectivity index (χ4n) is 1.59. The van der Waals surface area contributed by atoms with Crippen LogP contribution in [0.4, 0.5) is 0 Å². The van der Waals surface area contributed by atoms with E-state index in [0.29, 0.717) is 13.2 Å². The summed E-state index contributed by atoms with van der Waals surface area (Å²) in [5.41, 5.74) is 0.139. The number of hydroxylamine groups is 2. The summed E-state index contributed by atoms with van der Waals surface area (Å²) in [5.74, 6) is -0.690. The van der Waals surface area contributed by atoms with Gasteiger partial charge in [0.1, 0.15) is 11.5 Å². The summed E-state index contributed by atoms with van der Waals surface area (Å²) in [6, 6.07) is 3.87. The Bertz CT molecular complexity index is 399. The number of nitrogens with zero attached hydrogens (tertiary/aromatic N) is 1. The second-order valence-corrected chi connectivity index (χ2v) is 3.65.